The Morgan fingerprint density at radius 3 is 2.93 bits per heavy atom. The van der Waals surface area contributed by atoms with Gasteiger partial charge in [0.05, 0.1) is 16.6 Å². The van der Waals surface area contributed by atoms with Gasteiger partial charge < -0.3 is 4.52 Å². The van der Waals surface area contributed by atoms with E-state index >= 15 is 0 Å². The van der Waals surface area contributed by atoms with Gasteiger partial charge in [0.25, 0.3) is 5.71 Å². The minimum Gasteiger partial charge on any atom is -0.336 e. The molecule has 27 heavy (non-hydrogen) atoms. The lowest BCUT2D eigenvalue weighted by atomic mass is 9.91. The topological polar surface area (TPSA) is 55.1 Å². The number of fused-ring (bicyclic) bond motifs is 1. The Labute approximate surface area is 154 Å². The summed E-state index contributed by atoms with van der Waals surface area (Å²) in [5.74, 6) is -0.123. The highest BCUT2D eigenvalue weighted by Gasteiger charge is 2.37. The fourth-order valence-electron chi connectivity index (χ4n) is 3.77. The zero-order valence-corrected chi connectivity index (χ0v) is 14.8. The van der Waals surface area contributed by atoms with Crippen molar-refractivity contribution in [3.05, 3.63) is 53.1 Å². The number of halogens is 3. The molecule has 0 N–H and O–H groups in total. The van der Waals surface area contributed by atoms with Crippen LogP contribution in [0.25, 0.3) is 11.1 Å². The van der Waals surface area contributed by atoms with Crippen LogP contribution in [-0.2, 0) is 12.7 Å². The van der Waals surface area contributed by atoms with Crippen molar-refractivity contribution in [1.82, 2.24) is 20.0 Å². The third-order valence-corrected chi connectivity index (χ3v) is 4.93. The SMILES string of the molecule is Cc1cc(C(F)(F)F)c2c([C@H]3CCCN(Cc4cccnc4)C3)noc2n1. The first-order valence-corrected chi connectivity index (χ1v) is 8.87. The van der Waals surface area contributed by atoms with Crippen molar-refractivity contribution in [2.45, 2.75) is 38.4 Å². The number of aromatic nitrogens is 3. The number of nitrogens with zero attached hydrogens (tertiary/aromatic N) is 4. The van der Waals surface area contributed by atoms with Gasteiger partial charge >= 0.3 is 6.18 Å². The van der Waals surface area contributed by atoms with Crippen molar-refractivity contribution in [3.63, 3.8) is 0 Å². The number of piperidine rings is 1. The Kier molecular flexibility index (Phi) is 4.59. The van der Waals surface area contributed by atoms with Crippen LogP contribution in [0.2, 0.25) is 0 Å². The Balaban J connectivity index is 1.66. The highest BCUT2D eigenvalue weighted by atomic mass is 19.4. The van der Waals surface area contributed by atoms with E-state index in [-0.39, 0.29) is 22.7 Å². The summed E-state index contributed by atoms with van der Waals surface area (Å²) in [7, 11) is 0. The van der Waals surface area contributed by atoms with Crippen molar-refractivity contribution >= 4 is 11.1 Å². The molecule has 1 saturated heterocycles. The Bertz CT molecular complexity index is 939. The molecule has 4 rings (SSSR count). The van der Waals surface area contributed by atoms with Crippen LogP contribution in [-0.4, -0.2) is 33.1 Å². The molecule has 4 heterocycles. The van der Waals surface area contributed by atoms with Gasteiger partial charge in [0, 0.05) is 37.1 Å². The zero-order chi connectivity index (χ0) is 19.0. The summed E-state index contributed by atoms with van der Waals surface area (Å²) in [6.07, 6.45) is 0.716. The Morgan fingerprint density at radius 2 is 2.19 bits per heavy atom. The monoisotopic (exact) mass is 376 g/mol. The molecule has 0 radical (unpaired) electrons. The first kappa shape index (κ1) is 17.9. The van der Waals surface area contributed by atoms with Crippen LogP contribution in [0.4, 0.5) is 13.2 Å². The molecule has 1 atom stereocenters. The minimum atomic E-state index is -4.48. The van der Waals surface area contributed by atoms with Crippen LogP contribution in [0.1, 0.15) is 41.3 Å². The summed E-state index contributed by atoms with van der Waals surface area (Å²) >= 11 is 0. The van der Waals surface area contributed by atoms with E-state index in [1.165, 1.54) is 6.92 Å². The maximum absolute atomic E-state index is 13.6. The van der Waals surface area contributed by atoms with Crippen LogP contribution in [0.15, 0.2) is 35.1 Å². The molecule has 3 aromatic heterocycles. The van der Waals surface area contributed by atoms with E-state index in [1.54, 1.807) is 6.20 Å². The third kappa shape index (κ3) is 3.66. The molecular weight excluding hydrogens is 357 g/mol. The fraction of sp³-hybridized carbons (Fsp3) is 0.421. The van der Waals surface area contributed by atoms with E-state index in [9.17, 15) is 13.2 Å². The molecule has 5 nitrogen and oxygen atoms in total. The number of hydrogen-bond acceptors (Lipinski definition) is 5. The van der Waals surface area contributed by atoms with Crippen molar-refractivity contribution < 1.29 is 17.7 Å². The van der Waals surface area contributed by atoms with Crippen LogP contribution in [0.5, 0.6) is 0 Å². The van der Waals surface area contributed by atoms with Gasteiger partial charge in [0.1, 0.15) is 0 Å². The third-order valence-electron chi connectivity index (χ3n) is 4.93. The summed E-state index contributed by atoms with van der Waals surface area (Å²) in [4.78, 5) is 10.4. The lowest BCUT2D eigenvalue weighted by Crippen LogP contribution is -2.34. The Morgan fingerprint density at radius 1 is 1.33 bits per heavy atom. The van der Waals surface area contributed by atoms with Gasteiger partial charge in [-0.3, -0.25) is 9.88 Å². The lowest BCUT2D eigenvalue weighted by molar-refractivity contribution is -0.136. The van der Waals surface area contributed by atoms with Gasteiger partial charge in [-0.25, -0.2) is 4.98 Å². The molecule has 8 heteroatoms. The standard InChI is InChI=1S/C19H19F3N4O/c1-12-8-15(19(20,21)22)16-17(25-27-18(16)24-12)14-5-3-7-26(11-14)10-13-4-2-6-23-9-13/h2,4,6,8-9,14H,3,5,7,10-11H2,1H3/t14-/m0/s1. The summed E-state index contributed by atoms with van der Waals surface area (Å²) in [6.45, 7) is 3.75. The molecule has 1 aliphatic heterocycles. The summed E-state index contributed by atoms with van der Waals surface area (Å²) < 4.78 is 45.9. The quantitative estimate of drug-likeness (QED) is 0.681. The van der Waals surface area contributed by atoms with E-state index < -0.39 is 11.7 Å². The summed E-state index contributed by atoms with van der Waals surface area (Å²) in [5, 5.41) is 4.00. The highest BCUT2D eigenvalue weighted by molar-refractivity contribution is 5.81. The molecule has 0 spiro atoms. The van der Waals surface area contributed by atoms with Gasteiger partial charge in [-0.2, -0.15) is 13.2 Å². The molecule has 0 saturated carbocycles. The van der Waals surface area contributed by atoms with Crippen molar-refractivity contribution in [3.8, 4) is 0 Å². The number of alkyl halides is 3. The Hall–Kier alpha value is -2.48. The smallest absolute Gasteiger partial charge is 0.336 e. The first-order chi connectivity index (χ1) is 12.9. The zero-order valence-electron chi connectivity index (χ0n) is 14.8. The summed E-state index contributed by atoms with van der Waals surface area (Å²) in [5.41, 5.74) is 0.948. The maximum atomic E-state index is 13.6. The van der Waals surface area contributed by atoms with E-state index in [0.717, 1.165) is 31.0 Å². The second-order valence-corrected chi connectivity index (χ2v) is 6.99. The van der Waals surface area contributed by atoms with Gasteiger partial charge in [0.2, 0.25) is 0 Å². The predicted molar refractivity (Wildman–Crippen MR) is 93.0 cm³/mol. The van der Waals surface area contributed by atoms with E-state index in [4.69, 9.17) is 4.52 Å². The van der Waals surface area contributed by atoms with Crippen LogP contribution >= 0.6 is 0 Å². The van der Waals surface area contributed by atoms with Crippen molar-refractivity contribution in [2.24, 2.45) is 0 Å². The molecule has 0 aliphatic carbocycles. The lowest BCUT2D eigenvalue weighted by Gasteiger charge is -2.32. The number of pyridine rings is 2. The number of likely N-dealkylation sites (tertiary alicyclic amines) is 1. The van der Waals surface area contributed by atoms with Crippen LogP contribution in [0, 0.1) is 6.92 Å². The first-order valence-electron chi connectivity index (χ1n) is 8.87. The van der Waals surface area contributed by atoms with Crippen molar-refractivity contribution in [1.29, 1.82) is 0 Å². The maximum Gasteiger partial charge on any atom is 0.417 e. The molecule has 0 unspecified atom stereocenters. The molecule has 3 aromatic rings. The molecule has 0 aromatic carbocycles. The van der Waals surface area contributed by atoms with Crippen LogP contribution < -0.4 is 0 Å². The largest absolute Gasteiger partial charge is 0.417 e. The van der Waals surface area contributed by atoms with Crippen LogP contribution in [0.3, 0.4) is 0 Å². The number of aryl methyl sites for hydroxylation is 1. The molecule has 0 bridgehead atoms. The molecule has 0 amide bonds. The number of hydrogen-bond donors (Lipinski definition) is 0. The molecule has 1 fully saturated rings. The second kappa shape index (κ2) is 6.92. The average molecular weight is 376 g/mol. The highest BCUT2D eigenvalue weighted by Crippen LogP contribution is 2.40. The molecule has 1 aliphatic rings. The second-order valence-electron chi connectivity index (χ2n) is 6.99. The number of rotatable bonds is 3. The van der Waals surface area contributed by atoms with Gasteiger partial charge in [-0.05, 0) is 44.0 Å². The van der Waals surface area contributed by atoms with Gasteiger partial charge in [-0.1, -0.05) is 11.2 Å². The molecule has 142 valence electrons. The summed E-state index contributed by atoms with van der Waals surface area (Å²) in [6, 6.07) is 4.95. The van der Waals surface area contributed by atoms with E-state index in [1.807, 2.05) is 18.3 Å². The fourth-order valence-corrected chi connectivity index (χ4v) is 3.77. The average Bonchev–Trinajstić information content (AvgIpc) is 3.05. The van der Waals surface area contributed by atoms with E-state index in [0.29, 0.717) is 18.8 Å². The molecular formula is C19H19F3N4O. The normalized spacial score (nSPS) is 18.9. The minimum absolute atomic E-state index is 0.00123. The predicted octanol–water partition coefficient (Wildman–Crippen LogP) is 4.32. The van der Waals surface area contributed by atoms with Gasteiger partial charge in [0.15, 0.2) is 0 Å². The van der Waals surface area contributed by atoms with E-state index in [2.05, 4.69) is 20.0 Å². The van der Waals surface area contributed by atoms with Gasteiger partial charge in [-0.15, -0.1) is 0 Å². The van der Waals surface area contributed by atoms with Crippen molar-refractivity contribution in [2.75, 3.05) is 13.1 Å².